The summed E-state index contributed by atoms with van der Waals surface area (Å²) in [5, 5.41) is 9.08. The van der Waals surface area contributed by atoms with Gasteiger partial charge in [-0.2, -0.15) is 4.31 Å². The molecule has 3 rings (SSSR count). The predicted octanol–water partition coefficient (Wildman–Crippen LogP) is 1.09. The van der Waals surface area contributed by atoms with Crippen LogP contribution < -0.4 is 10.2 Å². The Kier molecular flexibility index (Phi) is 5.91. The molecule has 1 aliphatic heterocycles. The van der Waals surface area contributed by atoms with Gasteiger partial charge in [0.05, 0.1) is 18.6 Å². The maximum atomic E-state index is 13.2. The number of hydroxylamine groups is 1. The number of nitrogens with one attached hydrogen (secondary N) is 1. The van der Waals surface area contributed by atoms with Gasteiger partial charge in [0.1, 0.15) is 17.6 Å². The molecule has 0 saturated heterocycles. The standard InChI is InChI=1S/C18H20N2O8S/c1-3-27-18(22)16-8-11-10-20(14(17(21)19-23)9-15(11)28-16)29(24,25)13-6-4-12(26-2)5-7-13/h4-8,14,23H,3,9-10H2,1-2H3,(H,19,21). The average molecular weight is 424 g/mol. The molecule has 0 bridgehead atoms. The minimum Gasteiger partial charge on any atom is -0.497 e. The van der Waals surface area contributed by atoms with E-state index in [4.69, 9.17) is 19.1 Å². The summed E-state index contributed by atoms with van der Waals surface area (Å²) in [6, 6.07) is 5.83. The Balaban J connectivity index is 1.99. The van der Waals surface area contributed by atoms with Gasteiger partial charge in [-0.15, -0.1) is 0 Å². The van der Waals surface area contributed by atoms with Gasteiger partial charge in [0.15, 0.2) is 0 Å². The van der Waals surface area contributed by atoms with Gasteiger partial charge >= 0.3 is 5.97 Å². The molecule has 1 aromatic heterocycles. The zero-order valence-electron chi connectivity index (χ0n) is 15.7. The maximum absolute atomic E-state index is 13.2. The molecule has 0 saturated carbocycles. The zero-order chi connectivity index (χ0) is 21.2. The van der Waals surface area contributed by atoms with Crippen LogP contribution in [0.4, 0.5) is 0 Å². The van der Waals surface area contributed by atoms with Crippen molar-refractivity contribution in [3.63, 3.8) is 0 Å². The highest BCUT2D eigenvalue weighted by Crippen LogP contribution is 2.32. The van der Waals surface area contributed by atoms with E-state index < -0.39 is 27.9 Å². The van der Waals surface area contributed by atoms with Crippen LogP contribution in [0.1, 0.15) is 28.8 Å². The molecule has 2 heterocycles. The number of fused-ring (bicyclic) bond motifs is 1. The van der Waals surface area contributed by atoms with Crippen LogP contribution in [0.5, 0.6) is 5.75 Å². The first-order chi connectivity index (χ1) is 13.8. The molecule has 156 valence electrons. The summed E-state index contributed by atoms with van der Waals surface area (Å²) in [6.07, 6.45) is -0.156. The number of hydrogen-bond acceptors (Lipinski definition) is 8. The van der Waals surface area contributed by atoms with E-state index in [9.17, 15) is 18.0 Å². The molecule has 11 heteroatoms. The van der Waals surface area contributed by atoms with Crippen molar-refractivity contribution in [1.82, 2.24) is 9.79 Å². The number of benzene rings is 1. The number of rotatable bonds is 6. The van der Waals surface area contributed by atoms with E-state index in [1.165, 1.54) is 42.9 Å². The second-order valence-electron chi connectivity index (χ2n) is 6.20. The molecule has 1 unspecified atom stereocenters. The van der Waals surface area contributed by atoms with Crippen LogP contribution in [0, 0.1) is 0 Å². The monoisotopic (exact) mass is 424 g/mol. The quantitative estimate of drug-likeness (QED) is 0.400. The number of nitrogens with zero attached hydrogens (tertiary/aromatic N) is 1. The van der Waals surface area contributed by atoms with Crippen molar-refractivity contribution in [2.24, 2.45) is 0 Å². The van der Waals surface area contributed by atoms with Crippen molar-refractivity contribution >= 4 is 21.9 Å². The normalized spacial score (nSPS) is 16.7. The molecule has 1 atom stereocenters. The molecular formula is C18H20N2O8S. The maximum Gasteiger partial charge on any atom is 0.374 e. The molecule has 29 heavy (non-hydrogen) atoms. The summed E-state index contributed by atoms with van der Waals surface area (Å²) in [5.41, 5.74) is 1.93. The van der Waals surface area contributed by atoms with Gasteiger partial charge < -0.3 is 13.9 Å². The predicted molar refractivity (Wildman–Crippen MR) is 97.8 cm³/mol. The van der Waals surface area contributed by atoms with Gasteiger partial charge in [0.25, 0.3) is 5.91 Å². The molecule has 0 radical (unpaired) electrons. The van der Waals surface area contributed by atoms with Crippen molar-refractivity contribution < 1.29 is 37.1 Å². The average Bonchev–Trinajstić information content (AvgIpc) is 3.15. The third kappa shape index (κ3) is 3.97. The second kappa shape index (κ2) is 8.23. The Morgan fingerprint density at radius 2 is 2.00 bits per heavy atom. The first-order valence-electron chi connectivity index (χ1n) is 8.70. The lowest BCUT2D eigenvalue weighted by atomic mass is 10.0. The van der Waals surface area contributed by atoms with Crippen LogP contribution in [0.2, 0.25) is 0 Å². The molecule has 2 N–H and O–H groups in total. The number of furan rings is 1. The molecule has 0 spiro atoms. The smallest absolute Gasteiger partial charge is 0.374 e. The summed E-state index contributed by atoms with van der Waals surface area (Å²) < 4.78 is 42.7. The fourth-order valence-electron chi connectivity index (χ4n) is 3.06. The Labute approximate surface area is 167 Å². The fourth-order valence-corrected chi connectivity index (χ4v) is 4.63. The number of amides is 1. The number of ether oxygens (including phenoxy) is 2. The van der Waals surface area contributed by atoms with Crippen molar-refractivity contribution in [3.05, 3.63) is 47.4 Å². The van der Waals surface area contributed by atoms with E-state index in [1.807, 2.05) is 0 Å². The molecule has 1 aliphatic rings. The number of carbonyl (C=O) groups is 2. The molecule has 1 amide bonds. The lowest BCUT2D eigenvalue weighted by molar-refractivity contribution is -0.133. The number of carbonyl (C=O) groups excluding carboxylic acids is 2. The number of hydrogen-bond donors (Lipinski definition) is 2. The minimum absolute atomic E-state index is 0.0494. The topological polar surface area (TPSA) is 135 Å². The van der Waals surface area contributed by atoms with E-state index in [0.717, 1.165) is 4.31 Å². The highest BCUT2D eigenvalue weighted by atomic mass is 32.2. The van der Waals surface area contributed by atoms with E-state index in [1.54, 1.807) is 6.92 Å². The minimum atomic E-state index is -4.11. The molecule has 0 aliphatic carbocycles. The van der Waals surface area contributed by atoms with Crippen LogP contribution in [0.3, 0.4) is 0 Å². The fraction of sp³-hybridized carbons (Fsp3) is 0.333. The lowest BCUT2D eigenvalue weighted by Gasteiger charge is -2.32. The van der Waals surface area contributed by atoms with Gasteiger partial charge in [-0.25, -0.2) is 18.7 Å². The van der Waals surface area contributed by atoms with Gasteiger partial charge in [-0.1, -0.05) is 0 Å². The largest absolute Gasteiger partial charge is 0.497 e. The van der Waals surface area contributed by atoms with Crippen molar-refractivity contribution in [2.75, 3.05) is 13.7 Å². The van der Waals surface area contributed by atoms with Crippen molar-refractivity contribution in [3.8, 4) is 5.75 Å². The van der Waals surface area contributed by atoms with E-state index >= 15 is 0 Å². The number of methoxy groups -OCH3 is 1. The Hall–Kier alpha value is -2.89. The van der Waals surface area contributed by atoms with Crippen LogP contribution in [-0.4, -0.2) is 49.6 Å². The third-order valence-electron chi connectivity index (χ3n) is 4.50. The van der Waals surface area contributed by atoms with E-state index in [-0.39, 0.29) is 36.0 Å². The van der Waals surface area contributed by atoms with Crippen molar-refractivity contribution in [2.45, 2.75) is 30.8 Å². The molecule has 2 aromatic rings. The Morgan fingerprint density at radius 1 is 1.31 bits per heavy atom. The Morgan fingerprint density at radius 3 is 2.59 bits per heavy atom. The highest BCUT2D eigenvalue weighted by Gasteiger charge is 2.41. The SMILES string of the molecule is CCOC(=O)c1cc2c(o1)CC(C(=O)NO)N(S(=O)(=O)c1ccc(OC)cc1)C2. The van der Waals surface area contributed by atoms with Crippen LogP contribution in [0.15, 0.2) is 39.6 Å². The van der Waals surface area contributed by atoms with Gasteiger partial charge in [-0.05, 0) is 37.3 Å². The van der Waals surface area contributed by atoms with Crippen molar-refractivity contribution in [1.29, 1.82) is 0 Å². The molecule has 10 nitrogen and oxygen atoms in total. The van der Waals surface area contributed by atoms with Crippen LogP contribution >= 0.6 is 0 Å². The Bertz CT molecular complexity index is 1010. The first-order valence-corrected chi connectivity index (χ1v) is 10.1. The summed E-state index contributed by atoms with van der Waals surface area (Å²) in [6.45, 7) is 1.58. The van der Waals surface area contributed by atoms with E-state index in [2.05, 4.69) is 0 Å². The summed E-state index contributed by atoms with van der Waals surface area (Å²) in [7, 11) is -2.65. The number of sulfonamides is 1. The van der Waals surface area contributed by atoms with Gasteiger partial charge in [-0.3, -0.25) is 10.0 Å². The zero-order valence-corrected chi connectivity index (χ0v) is 16.6. The molecular weight excluding hydrogens is 404 g/mol. The third-order valence-corrected chi connectivity index (χ3v) is 6.37. The molecule has 1 aromatic carbocycles. The van der Waals surface area contributed by atoms with Gasteiger partial charge in [0, 0.05) is 18.5 Å². The summed E-state index contributed by atoms with van der Waals surface area (Å²) >= 11 is 0. The summed E-state index contributed by atoms with van der Waals surface area (Å²) in [4.78, 5) is 24.1. The van der Waals surface area contributed by atoms with Crippen LogP contribution in [-0.2, 0) is 32.5 Å². The number of esters is 1. The van der Waals surface area contributed by atoms with Crippen LogP contribution in [0.25, 0.3) is 0 Å². The van der Waals surface area contributed by atoms with E-state index in [0.29, 0.717) is 11.3 Å². The molecule has 0 fully saturated rings. The first kappa shape index (κ1) is 20.8. The second-order valence-corrected chi connectivity index (χ2v) is 8.09. The van der Waals surface area contributed by atoms with Gasteiger partial charge in [0.2, 0.25) is 15.8 Å². The lowest BCUT2D eigenvalue weighted by Crippen LogP contribution is -2.51. The summed E-state index contributed by atoms with van der Waals surface area (Å²) in [5.74, 6) is -0.925. The highest BCUT2D eigenvalue weighted by molar-refractivity contribution is 7.89.